The summed E-state index contributed by atoms with van der Waals surface area (Å²) in [6.07, 6.45) is 0. The smallest absolute Gasteiger partial charge is 0.339 e. The highest BCUT2D eigenvalue weighted by Crippen LogP contribution is 2.30. The van der Waals surface area contributed by atoms with Crippen molar-refractivity contribution >= 4 is 40.3 Å². The first-order valence-electron chi connectivity index (χ1n) is 11.2. The Kier molecular flexibility index (Phi) is 5.77. The summed E-state index contributed by atoms with van der Waals surface area (Å²) < 4.78 is 5.38. The summed E-state index contributed by atoms with van der Waals surface area (Å²) >= 11 is 0. The van der Waals surface area contributed by atoms with Gasteiger partial charge < -0.3 is 10.1 Å². The van der Waals surface area contributed by atoms with Gasteiger partial charge >= 0.3 is 5.97 Å². The van der Waals surface area contributed by atoms with Crippen LogP contribution < -0.4 is 5.32 Å². The summed E-state index contributed by atoms with van der Waals surface area (Å²) in [7, 11) is 1.40. The summed E-state index contributed by atoms with van der Waals surface area (Å²) in [5.41, 5.74) is 3.97. The number of hydrogen-bond acceptors (Lipinski definition) is 6. The van der Waals surface area contributed by atoms with Crippen LogP contribution in [0, 0.1) is 6.92 Å². The number of carbonyl (C=O) groups excluding carboxylic acids is 4. The molecular formula is C28H21N3O5. The van der Waals surface area contributed by atoms with Crippen molar-refractivity contribution in [1.29, 1.82) is 0 Å². The molecule has 0 radical (unpaired) electrons. The van der Waals surface area contributed by atoms with Crippen molar-refractivity contribution in [1.82, 2.24) is 9.88 Å². The van der Waals surface area contributed by atoms with Gasteiger partial charge in [0.1, 0.15) is 0 Å². The lowest BCUT2D eigenvalue weighted by Crippen LogP contribution is -2.24. The highest BCUT2D eigenvalue weighted by molar-refractivity contribution is 6.21. The monoisotopic (exact) mass is 479 g/mol. The lowest BCUT2D eigenvalue weighted by Gasteiger charge is -2.14. The minimum absolute atomic E-state index is 0.213. The standard InChI is InChI=1S/C28H21N3O5/c1-16-24(20-10-6-7-11-22(20)30-25(16)17-8-4-3-5-9-17)28(35)36-15-23(32)29-18-12-13-19-21(14-18)27(34)31(2)26(19)33/h3-14H,15H2,1-2H3,(H,29,32). The van der Waals surface area contributed by atoms with Gasteiger partial charge in [0, 0.05) is 23.7 Å². The molecule has 0 spiro atoms. The lowest BCUT2D eigenvalue weighted by atomic mass is 9.98. The van der Waals surface area contributed by atoms with Gasteiger partial charge in [0.2, 0.25) is 0 Å². The number of nitrogens with zero attached hydrogens (tertiary/aromatic N) is 2. The number of para-hydroxylation sites is 1. The molecule has 1 aliphatic heterocycles. The van der Waals surface area contributed by atoms with Crippen LogP contribution in [0.2, 0.25) is 0 Å². The van der Waals surface area contributed by atoms with Crippen molar-refractivity contribution in [2.75, 3.05) is 19.0 Å². The SMILES string of the molecule is Cc1c(-c2ccccc2)nc2ccccc2c1C(=O)OCC(=O)Nc1ccc2c(c1)C(=O)N(C)C2=O. The maximum Gasteiger partial charge on any atom is 0.339 e. The predicted molar refractivity (Wildman–Crippen MR) is 134 cm³/mol. The molecule has 8 heteroatoms. The minimum atomic E-state index is -0.644. The zero-order valence-electron chi connectivity index (χ0n) is 19.6. The highest BCUT2D eigenvalue weighted by atomic mass is 16.5. The van der Waals surface area contributed by atoms with Gasteiger partial charge in [-0.05, 0) is 36.8 Å². The largest absolute Gasteiger partial charge is 0.452 e. The molecule has 1 N–H and O–H groups in total. The summed E-state index contributed by atoms with van der Waals surface area (Å²) in [4.78, 5) is 55.7. The Labute approximate surface area is 206 Å². The Morgan fingerprint density at radius 2 is 1.61 bits per heavy atom. The number of aromatic nitrogens is 1. The molecule has 0 fully saturated rings. The molecule has 1 aromatic heterocycles. The lowest BCUT2D eigenvalue weighted by molar-refractivity contribution is -0.119. The van der Waals surface area contributed by atoms with E-state index in [-0.39, 0.29) is 11.1 Å². The van der Waals surface area contributed by atoms with Crippen molar-refractivity contribution in [3.05, 3.63) is 95.1 Å². The quantitative estimate of drug-likeness (QED) is 0.339. The van der Waals surface area contributed by atoms with Crippen molar-refractivity contribution in [3.8, 4) is 11.3 Å². The van der Waals surface area contributed by atoms with Gasteiger partial charge in [0.05, 0.1) is 27.9 Å². The zero-order chi connectivity index (χ0) is 25.4. The Hall–Kier alpha value is -4.85. The number of carbonyl (C=O) groups is 4. The first-order valence-corrected chi connectivity index (χ1v) is 11.2. The molecule has 5 rings (SSSR count). The second-order valence-electron chi connectivity index (χ2n) is 8.40. The van der Waals surface area contributed by atoms with Crippen molar-refractivity contribution in [2.45, 2.75) is 6.92 Å². The topological polar surface area (TPSA) is 106 Å². The third kappa shape index (κ3) is 3.98. The molecule has 36 heavy (non-hydrogen) atoms. The summed E-state index contributed by atoms with van der Waals surface area (Å²) in [5.74, 6) is -2.05. The maximum absolute atomic E-state index is 13.2. The maximum atomic E-state index is 13.2. The molecule has 4 aromatic rings. The Bertz CT molecular complexity index is 1560. The summed E-state index contributed by atoms with van der Waals surface area (Å²) in [6, 6.07) is 21.2. The van der Waals surface area contributed by atoms with Crippen molar-refractivity contribution in [3.63, 3.8) is 0 Å². The molecule has 3 amide bonds. The molecule has 0 saturated carbocycles. The molecule has 0 bridgehead atoms. The highest BCUT2D eigenvalue weighted by Gasteiger charge is 2.32. The number of fused-ring (bicyclic) bond motifs is 2. The van der Waals surface area contributed by atoms with Gasteiger partial charge in [-0.25, -0.2) is 9.78 Å². The molecule has 1 aliphatic rings. The van der Waals surface area contributed by atoms with E-state index < -0.39 is 30.3 Å². The fraction of sp³-hybridized carbons (Fsp3) is 0.107. The van der Waals surface area contributed by atoms with Crippen LogP contribution in [0.4, 0.5) is 5.69 Å². The van der Waals surface area contributed by atoms with E-state index in [9.17, 15) is 19.2 Å². The fourth-order valence-corrected chi connectivity index (χ4v) is 4.29. The van der Waals surface area contributed by atoms with Crippen LogP contribution in [-0.4, -0.2) is 47.2 Å². The van der Waals surface area contributed by atoms with E-state index in [0.29, 0.717) is 33.4 Å². The van der Waals surface area contributed by atoms with E-state index in [1.165, 1.54) is 25.2 Å². The Morgan fingerprint density at radius 1 is 0.917 bits per heavy atom. The van der Waals surface area contributed by atoms with Gasteiger partial charge in [-0.2, -0.15) is 0 Å². The second-order valence-corrected chi connectivity index (χ2v) is 8.40. The van der Waals surface area contributed by atoms with E-state index in [1.807, 2.05) is 48.5 Å². The van der Waals surface area contributed by atoms with Gasteiger partial charge in [-0.1, -0.05) is 48.5 Å². The van der Waals surface area contributed by atoms with Gasteiger partial charge in [-0.3, -0.25) is 19.3 Å². The Morgan fingerprint density at radius 3 is 2.39 bits per heavy atom. The average Bonchev–Trinajstić information content (AvgIpc) is 3.11. The van der Waals surface area contributed by atoms with Crippen LogP contribution in [0.1, 0.15) is 36.6 Å². The van der Waals surface area contributed by atoms with Crippen LogP contribution in [-0.2, 0) is 9.53 Å². The number of rotatable bonds is 5. The molecule has 0 saturated heterocycles. The Balaban J connectivity index is 1.36. The van der Waals surface area contributed by atoms with E-state index in [1.54, 1.807) is 13.0 Å². The van der Waals surface area contributed by atoms with E-state index in [4.69, 9.17) is 9.72 Å². The van der Waals surface area contributed by atoms with Gasteiger partial charge in [-0.15, -0.1) is 0 Å². The molecule has 178 valence electrons. The van der Waals surface area contributed by atoms with Crippen LogP contribution in [0.25, 0.3) is 22.2 Å². The van der Waals surface area contributed by atoms with Crippen LogP contribution in [0.5, 0.6) is 0 Å². The van der Waals surface area contributed by atoms with E-state index in [2.05, 4.69) is 5.32 Å². The molecule has 8 nitrogen and oxygen atoms in total. The van der Waals surface area contributed by atoms with Gasteiger partial charge in [0.25, 0.3) is 17.7 Å². The van der Waals surface area contributed by atoms with Crippen LogP contribution in [0.15, 0.2) is 72.8 Å². The number of imide groups is 1. The number of nitrogens with one attached hydrogen (secondary N) is 1. The molecule has 0 aliphatic carbocycles. The predicted octanol–water partition coefficient (Wildman–Crippen LogP) is 4.23. The molecule has 0 unspecified atom stereocenters. The van der Waals surface area contributed by atoms with Gasteiger partial charge in [0.15, 0.2) is 6.61 Å². The number of benzene rings is 3. The van der Waals surface area contributed by atoms with E-state index >= 15 is 0 Å². The van der Waals surface area contributed by atoms with Crippen molar-refractivity contribution < 1.29 is 23.9 Å². The number of anilines is 1. The van der Waals surface area contributed by atoms with Crippen LogP contribution in [0.3, 0.4) is 0 Å². The zero-order valence-corrected chi connectivity index (χ0v) is 19.6. The third-order valence-electron chi connectivity index (χ3n) is 6.09. The summed E-state index contributed by atoms with van der Waals surface area (Å²) in [5, 5.41) is 3.24. The molecule has 2 heterocycles. The first kappa shape index (κ1) is 22.9. The number of pyridine rings is 1. The fourth-order valence-electron chi connectivity index (χ4n) is 4.29. The second kappa shape index (κ2) is 9.07. The first-order chi connectivity index (χ1) is 17.3. The average molecular weight is 479 g/mol. The number of esters is 1. The number of hydrogen-bond donors (Lipinski definition) is 1. The van der Waals surface area contributed by atoms with Crippen molar-refractivity contribution in [2.24, 2.45) is 0 Å². The molecule has 3 aromatic carbocycles. The third-order valence-corrected chi connectivity index (χ3v) is 6.09. The minimum Gasteiger partial charge on any atom is -0.452 e. The number of amides is 3. The van der Waals surface area contributed by atoms with E-state index in [0.717, 1.165) is 10.5 Å². The summed E-state index contributed by atoms with van der Waals surface area (Å²) in [6.45, 7) is 1.28. The number of ether oxygens (including phenoxy) is 1. The normalized spacial score (nSPS) is 12.6. The van der Waals surface area contributed by atoms with Crippen LogP contribution >= 0.6 is 0 Å². The molecular weight excluding hydrogens is 458 g/mol. The molecule has 0 atom stereocenters.